The van der Waals surface area contributed by atoms with Gasteiger partial charge in [0.15, 0.2) is 0 Å². The van der Waals surface area contributed by atoms with Gasteiger partial charge in [-0.2, -0.15) is 0 Å². The zero-order valence-corrected chi connectivity index (χ0v) is 20.6. The highest BCUT2D eigenvalue weighted by Gasteiger charge is 2.43. The summed E-state index contributed by atoms with van der Waals surface area (Å²) < 4.78 is 26.9. The van der Waals surface area contributed by atoms with Gasteiger partial charge in [0, 0.05) is 41.1 Å². The summed E-state index contributed by atoms with van der Waals surface area (Å²) in [5.74, 6) is 1.00. The van der Waals surface area contributed by atoms with Crippen molar-refractivity contribution in [3.8, 4) is 5.75 Å². The minimum atomic E-state index is -0.216. The molecule has 0 amide bonds. The van der Waals surface area contributed by atoms with Gasteiger partial charge in [-0.3, -0.25) is 0 Å². The lowest BCUT2D eigenvalue weighted by molar-refractivity contribution is -0.0399. The quantitative estimate of drug-likeness (QED) is 0.265. The summed E-state index contributed by atoms with van der Waals surface area (Å²) >= 11 is 2.15. The molecule has 0 aliphatic carbocycles. The molecule has 0 bridgehead atoms. The number of hydrogen-bond acceptors (Lipinski definition) is 7. The van der Waals surface area contributed by atoms with Crippen LogP contribution in [0.3, 0.4) is 0 Å². The van der Waals surface area contributed by atoms with Crippen molar-refractivity contribution in [1.29, 1.82) is 0 Å². The lowest BCUT2D eigenvalue weighted by atomic mass is 9.88. The van der Waals surface area contributed by atoms with Gasteiger partial charge in [-0.25, -0.2) is 14.4 Å². The van der Waals surface area contributed by atoms with Gasteiger partial charge in [0.25, 0.3) is 0 Å². The highest BCUT2D eigenvalue weighted by molar-refractivity contribution is 14.1. The second kappa shape index (κ2) is 9.19. The molecule has 1 aromatic heterocycles. The van der Waals surface area contributed by atoms with Crippen molar-refractivity contribution in [2.45, 2.75) is 35.4 Å². The molecule has 33 heavy (non-hydrogen) atoms. The van der Waals surface area contributed by atoms with E-state index in [4.69, 9.17) is 15.2 Å². The molecular weight excluding hydrogens is 536 g/mol. The summed E-state index contributed by atoms with van der Waals surface area (Å²) in [4.78, 5) is 11.1. The molecule has 2 aliphatic heterocycles. The lowest BCUT2D eigenvalue weighted by Gasteiger charge is -2.36. The van der Waals surface area contributed by atoms with Crippen molar-refractivity contribution >= 4 is 50.7 Å². The number of fused-ring (bicyclic) bond motifs is 1. The van der Waals surface area contributed by atoms with Crippen molar-refractivity contribution < 1.29 is 13.9 Å². The predicted octanol–water partition coefficient (Wildman–Crippen LogP) is 4.66. The van der Waals surface area contributed by atoms with Crippen molar-refractivity contribution in [3.63, 3.8) is 0 Å². The van der Waals surface area contributed by atoms with E-state index in [-0.39, 0.29) is 17.5 Å². The third-order valence-electron chi connectivity index (χ3n) is 6.59. The van der Waals surface area contributed by atoms with E-state index in [0.29, 0.717) is 33.9 Å². The Morgan fingerprint density at radius 2 is 2.09 bits per heavy atom. The van der Waals surface area contributed by atoms with E-state index in [1.807, 2.05) is 12.1 Å². The van der Waals surface area contributed by atoms with E-state index in [9.17, 15) is 4.39 Å². The normalized spacial score (nSPS) is 20.4. The van der Waals surface area contributed by atoms with Crippen LogP contribution < -0.4 is 15.8 Å². The van der Waals surface area contributed by atoms with Crippen LogP contribution in [0, 0.1) is 5.82 Å². The first-order chi connectivity index (χ1) is 15.9. The second-order valence-corrected chi connectivity index (χ2v) is 9.70. The SMILES string of the molecule is CN1CCC2(CC1)CC(Oc1cc3ncnc(Nc4ccc(F)c(CI)c4)c3cc1N)CO2. The van der Waals surface area contributed by atoms with E-state index in [1.165, 1.54) is 12.4 Å². The number of nitrogens with zero attached hydrogens (tertiary/aromatic N) is 3. The number of alkyl halides is 1. The Balaban J connectivity index is 1.35. The molecule has 9 heteroatoms. The van der Waals surface area contributed by atoms with Crippen LogP contribution in [0.25, 0.3) is 10.9 Å². The van der Waals surface area contributed by atoms with Gasteiger partial charge in [0.2, 0.25) is 0 Å². The topological polar surface area (TPSA) is 85.5 Å². The fourth-order valence-electron chi connectivity index (χ4n) is 4.63. The summed E-state index contributed by atoms with van der Waals surface area (Å²) in [6.07, 6.45) is 4.40. The van der Waals surface area contributed by atoms with Gasteiger partial charge in [-0.05, 0) is 49.7 Å². The maximum Gasteiger partial charge on any atom is 0.144 e. The third-order valence-corrected chi connectivity index (χ3v) is 7.41. The van der Waals surface area contributed by atoms with Crippen LogP contribution in [0.2, 0.25) is 0 Å². The van der Waals surface area contributed by atoms with E-state index in [1.54, 1.807) is 12.1 Å². The Labute approximate surface area is 206 Å². The highest BCUT2D eigenvalue weighted by atomic mass is 127. The van der Waals surface area contributed by atoms with E-state index in [0.717, 1.165) is 48.9 Å². The number of nitrogens with one attached hydrogen (secondary N) is 1. The Kier molecular flexibility index (Phi) is 6.28. The number of benzene rings is 2. The molecule has 174 valence electrons. The van der Waals surface area contributed by atoms with Gasteiger partial charge in [-0.15, -0.1) is 0 Å². The maximum atomic E-state index is 13.9. The van der Waals surface area contributed by atoms with Gasteiger partial charge >= 0.3 is 0 Å². The largest absolute Gasteiger partial charge is 0.486 e. The zero-order chi connectivity index (χ0) is 23.0. The predicted molar refractivity (Wildman–Crippen MR) is 136 cm³/mol. The molecule has 1 atom stereocenters. The van der Waals surface area contributed by atoms with Crippen molar-refractivity contribution in [1.82, 2.24) is 14.9 Å². The minimum absolute atomic E-state index is 0.0292. The number of anilines is 3. The van der Waals surface area contributed by atoms with Crippen molar-refractivity contribution in [2.75, 3.05) is 37.8 Å². The van der Waals surface area contributed by atoms with E-state index in [2.05, 4.69) is 49.8 Å². The maximum absolute atomic E-state index is 13.9. The first-order valence-corrected chi connectivity index (χ1v) is 12.6. The van der Waals surface area contributed by atoms with Gasteiger partial charge in [0.1, 0.15) is 29.8 Å². The van der Waals surface area contributed by atoms with Gasteiger partial charge in [0.05, 0.1) is 23.4 Å². The molecule has 0 radical (unpaired) electrons. The molecule has 3 N–H and O–H groups in total. The van der Waals surface area contributed by atoms with Crippen LogP contribution in [0.1, 0.15) is 24.8 Å². The molecular formula is C24H27FIN5O2. The average Bonchev–Trinajstić information content (AvgIpc) is 3.20. The number of aromatic nitrogens is 2. The molecule has 7 nitrogen and oxygen atoms in total. The second-order valence-electron chi connectivity index (χ2n) is 8.94. The number of rotatable bonds is 5. The molecule has 2 saturated heterocycles. The molecule has 1 spiro atoms. The number of likely N-dealkylation sites (tertiary alicyclic amines) is 1. The minimum Gasteiger partial charge on any atom is -0.486 e. The third kappa shape index (κ3) is 4.71. The Morgan fingerprint density at radius 1 is 1.27 bits per heavy atom. The molecule has 5 rings (SSSR count). The van der Waals surface area contributed by atoms with Crippen LogP contribution >= 0.6 is 22.6 Å². The molecule has 2 aliphatic rings. The van der Waals surface area contributed by atoms with Gasteiger partial charge in [-0.1, -0.05) is 22.6 Å². The van der Waals surface area contributed by atoms with Crippen LogP contribution in [-0.4, -0.2) is 53.3 Å². The zero-order valence-electron chi connectivity index (χ0n) is 18.5. The van der Waals surface area contributed by atoms with Crippen molar-refractivity contribution in [3.05, 3.63) is 48.0 Å². The van der Waals surface area contributed by atoms with Crippen molar-refractivity contribution in [2.24, 2.45) is 0 Å². The summed E-state index contributed by atoms with van der Waals surface area (Å²) in [6.45, 7) is 2.66. The number of piperidine rings is 1. The Hall–Kier alpha value is -2.24. The van der Waals surface area contributed by atoms with E-state index >= 15 is 0 Å². The number of ether oxygens (including phenoxy) is 2. The Morgan fingerprint density at radius 3 is 2.88 bits per heavy atom. The summed E-state index contributed by atoms with van der Waals surface area (Å²) in [5.41, 5.74) is 8.94. The molecule has 3 heterocycles. The Bertz CT molecular complexity index is 1170. The fourth-order valence-corrected chi connectivity index (χ4v) is 5.21. The molecule has 3 aromatic rings. The fraction of sp³-hybridized carbons (Fsp3) is 0.417. The van der Waals surface area contributed by atoms with Crippen LogP contribution in [0.5, 0.6) is 5.75 Å². The van der Waals surface area contributed by atoms with Gasteiger partial charge < -0.3 is 25.4 Å². The lowest BCUT2D eigenvalue weighted by Crippen LogP contribution is -2.42. The highest BCUT2D eigenvalue weighted by Crippen LogP contribution is 2.39. The number of hydrogen-bond donors (Lipinski definition) is 2. The molecule has 2 aromatic carbocycles. The average molecular weight is 563 g/mol. The monoisotopic (exact) mass is 563 g/mol. The molecule has 1 unspecified atom stereocenters. The standard InChI is InChI=1S/C24H27FIN5O2/c1-31-6-4-24(5-7-31)11-17(13-32-24)33-22-10-21-18(9-20(22)27)23(29-14-28-21)30-16-2-3-19(25)15(8-16)12-26/h2-3,8-10,14,17H,4-7,11-13,27H2,1H3,(H,28,29,30). The summed E-state index contributed by atoms with van der Waals surface area (Å²) in [6, 6.07) is 8.63. The summed E-state index contributed by atoms with van der Waals surface area (Å²) in [5, 5.41) is 4.04. The molecule has 2 fully saturated rings. The first kappa shape index (κ1) is 22.5. The smallest absolute Gasteiger partial charge is 0.144 e. The summed E-state index contributed by atoms with van der Waals surface area (Å²) in [7, 11) is 2.15. The number of halogens is 2. The number of nitrogens with two attached hydrogens (primary N) is 1. The van der Waals surface area contributed by atoms with Crippen LogP contribution in [0.15, 0.2) is 36.7 Å². The molecule has 0 saturated carbocycles. The first-order valence-electron chi connectivity index (χ1n) is 11.1. The number of nitrogen functional groups attached to an aromatic ring is 1. The van der Waals surface area contributed by atoms with E-state index < -0.39 is 0 Å². The van der Waals surface area contributed by atoms with Crippen LogP contribution in [-0.2, 0) is 9.16 Å². The van der Waals surface area contributed by atoms with Crippen LogP contribution in [0.4, 0.5) is 21.6 Å².